The number of halogens is 3. The highest BCUT2D eigenvalue weighted by molar-refractivity contribution is 6.30. The first-order valence-electron chi connectivity index (χ1n) is 7.44. The Morgan fingerprint density at radius 1 is 1.33 bits per heavy atom. The Labute approximate surface area is 128 Å². The average Bonchev–Trinajstić information content (AvgIpc) is 2.86. The number of rotatable bonds is 3. The van der Waals surface area contributed by atoms with Crippen LogP contribution in [0, 0.1) is 5.92 Å². The molecule has 3 rings (SSSR count). The molecule has 1 saturated carbocycles. The molecular weight excluding hydrogens is 298 g/mol. The fourth-order valence-corrected chi connectivity index (χ4v) is 3.60. The van der Waals surface area contributed by atoms with E-state index < -0.39 is 12.0 Å². The van der Waals surface area contributed by atoms with Crippen molar-refractivity contribution in [3.63, 3.8) is 0 Å². The molecule has 0 spiro atoms. The maximum absolute atomic E-state index is 13.2. The summed E-state index contributed by atoms with van der Waals surface area (Å²) in [5.74, 6) is -1.81. The summed E-state index contributed by atoms with van der Waals surface area (Å²) < 4.78 is 32.0. The first-order valence-corrected chi connectivity index (χ1v) is 7.82. The lowest BCUT2D eigenvalue weighted by molar-refractivity contribution is -0.0619. The van der Waals surface area contributed by atoms with Crippen LogP contribution < -0.4 is 4.74 Å². The van der Waals surface area contributed by atoms with E-state index in [9.17, 15) is 13.9 Å². The zero-order valence-electron chi connectivity index (χ0n) is 11.7. The van der Waals surface area contributed by atoms with Crippen LogP contribution in [0.2, 0.25) is 5.02 Å². The Hall–Kier alpha value is -0.870. The highest BCUT2D eigenvalue weighted by Crippen LogP contribution is 2.39. The number of hydrogen-bond acceptors (Lipinski definition) is 2. The van der Waals surface area contributed by atoms with Gasteiger partial charge in [-0.15, -0.1) is 0 Å². The average molecular weight is 317 g/mol. The Morgan fingerprint density at radius 3 is 2.76 bits per heavy atom. The molecule has 1 aromatic carbocycles. The summed E-state index contributed by atoms with van der Waals surface area (Å²) in [5, 5.41) is 11.0. The second kappa shape index (κ2) is 5.73. The number of aliphatic hydroxyl groups excluding tert-OH is 1. The van der Waals surface area contributed by atoms with Crippen molar-refractivity contribution in [2.24, 2.45) is 5.92 Å². The molecule has 1 aromatic rings. The molecule has 0 bridgehead atoms. The molecule has 1 N–H and O–H groups in total. The van der Waals surface area contributed by atoms with Crippen LogP contribution in [0.1, 0.15) is 36.8 Å². The molecule has 2 aliphatic rings. The molecule has 1 heterocycles. The zero-order valence-corrected chi connectivity index (χ0v) is 12.5. The van der Waals surface area contributed by atoms with Crippen LogP contribution in [-0.2, 0) is 12.8 Å². The number of hydrogen-bond donors (Lipinski definition) is 1. The van der Waals surface area contributed by atoms with Crippen molar-refractivity contribution in [2.75, 3.05) is 6.61 Å². The van der Waals surface area contributed by atoms with Gasteiger partial charge in [-0.25, -0.2) is 8.78 Å². The Kier molecular flexibility index (Phi) is 4.10. The molecule has 1 unspecified atom stereocenters. The summed E-state index contributed by atoms with van der Waals surface area (Å²) in [6.45, 7) is 0.633. The molecule has 1 fully saturated rings. The molecule has 0 amide bonds. The smallest absolute Gasteiger partial charge is 0.248 e. The number of alkyl halides is 2. The molecule has 1 aliphatic carbocycles. The highest BCUT2D eigenvalue weighted by Gasteiger charge is 2.37. The summed E-state index contributed by atoms with van der Waals surface area (Å²) in [4.78, 5) is 0. The van der Waals surface area contributed by atoms with Crippen LogP contribution in [0.5, 0.6) is 5.75 Å². The van der Waals surface area contributed by atoms with Crippen LogP contribution in [-0.4, -0.2) is 23.7 Å². The van der Waals surface area contributed by atoms with Gasteiger partial charge in [-0.3, -0.25) is 0 Å². The Balaban J connectivity index is 1.70. The largest absolute Gasteiger partial charge is 0.493 e. The Bertz CT molecular complexity index is 523. The molecule has 1 atom stereocenters. The first-order chi connectivity index (χ1) is 9.94. The first kappa shape index (κ1) is 15.0. The molecule has 1 aliphatic heterocycles. The van der Waals surface area contributed by atoms with E-state index in [0.717, 1.165) is 23.3 Å². The SMILES string of the molecule is OC(Cc1cc(Cl)cc2c1OCC2)C1CCC(F)(F)CC1. The van der Waals surface area contributed by atoms with Gasteiger partial charge in [-0.1, -0.05) is 11.6 Å². The van der Waals surface area contributed by atoms with E-state index in [1.807, 2.05) is 12.1 Å². The predicted molar refractivity (Wildman–Crippen MR) is 77.3 cm³/mol. The minimum Gasteiger partial charge on any atom is -0.493 e. The third-order valence-corrected chi connectivity index (χ3v) is 4.78. The minimum absolute atomic E-state index is 0.0688. The van der Waals surface area contributed by atoms with Gasteiger partial charge in [0, 0.05) is 30.7 Å². The van der Waals surface area contributed by atoms with E-state index >= 15 is 0 Å². The van der Waals surface area contributed by atoms with Crippen molar-refractivity contribution in [3.05, 3.63) is 28.3 Å². The van der Waals surface area contributed by atoms with Crippen molar-refractivity contribution in [1.82, 2.24) is 0 Å². The predicted octanol–water partition coefficient (Wildman–Crippen LogP) is 4.00. The molecule has 5 heteroatoms. The standard InChI is InChI=1S/C16H19ClF2O2/c17-13-7-11-3-6-21-15(11)12(8-13)9-14(20)10-1-4-16(18,19)5-2-10/h7-8,10,14,20H,1-6,9H2. The van der Waals surface area contributed by atoms with Gasteiger partial charge in [0.05, 0.1) is 12.7 Å². The highest BCUT2D eigenvalue weighted by atomic mass is 35.5. The number of benzene rings is 1. The second-order valence-electron chi connectivity index (χ2n) is 6.12. The summed E-state index contributed by atoms with van der Waals surface area (Å²) >= 11 is 6.10. The van der Waals surface area contributed by atoms with Crippen molar-refractivity contribution in [3.8, 4) is 5.75 Å². The lowest BCUT2D eigenvalue weighted by atomic mass is 9.81. The van der Waals surface area contributed by atoms with Crippen LogP contribution in [0.3, 0.4) is 0 Å². The van der Waals surface area contributed by atoms with Gasteiger partial charge in [0.25, 0.3) is 0 Å². The van der Waals surface area contributed by atoms with Crippen molar-refractivity contribution in [1.29, 1.82) is 0 Å². The quantitative estimate of drug-likeness (QED) is 0.913. The summed E-state index contributed by atoms with van der Waals surface area (Å²) in [6.07, 6.45) is 1.12. The molecule has 0 saturated heterocycles. The lowest BCUT2D eigenvalue weighted by Crippen LogP contribution is -2.32. The fourth-order valence-electron chi connectivity index (χ4n) is 3.34. The molecule has 0 aromatic heterocycles. The van der Waals surface area contributed by atoms with E-state index in [1.54, 1.807) is 0 Å². The summed E-state index contributed by atoms with van der Waals surface area (Å²) in [5.41, 5.74) is 1.96. The van der Waals surface area contributed by atoms with Gasteiger partial charge < -0.3 is 9.84 Å². The van der Waals surface area contributed by atoms with Crippen LogP contribution >= 0.6 is 11.6 Å². The fraction of sp³-hybridized carbons (Fsp3) is 0.625. The number of fused-ring (bicyclic) bond motifs is 1. The summed E-state index contributed by atoms with van der Waals surface area (Å²) in [7, 11) is 0. The molecule has 21 heavy (non-hydrogen) atoms. The van der Waals surface area contributed by atoms with E-state index in [4.69, 9.17) is 16.3 Å². The number of aliphatic hydroxyl groups is 1. The third-order valence-electron chi connectivity index (χ3n) is 4.56. The molecule has 116 valence electrons. The van der Waals surface area contributed by atoms with E-state index in [1.165, 1.54) is 0 Å². The zero-order chi connectivity index (χ0) is 15.0. The Morgan fingerprint density at radius 2 is 2.05 bits per heavy atom. The van der Waals surface area contributed by atoms with Gasteiger partial charge in [-0.2, -0.15) is 0 Å². The molecule has 0 radical (unpaired) electrons. The normalized spacial score (nSPS) is 22.7. The van der Waals surface area contributed by atoms with Crippen molar-refractivity contribution in [2.45, 2.75) is 50.6 Å². The third kappa shape index (κ3) is 3.32. The minimum atomic E-state index is -2.56. The van der Waals surface area contributed by atoms with E-state index in [-0.39, 0.29) is 18.8 Å². The topological polar surface area (TPSA) is 29.5 Å². The van der Waals surface area contributed by atoms with Gasteiger partial charge in [0.2, 0.25) is 5.92 Å². The van der Waals surface area contributed by atoms with Gasteiger partial charge in [-0.05, 0) is 42.0 Å². The lowest BCUT2D eigenvalue weighted by Gasteiger charge is -2.31. The number of ether oxygens (including phenoxy) is 1. The maximum Gasteiger partial charge on any atom is 0.248 e. The second-order valence-corrected chi connectivity index (χ2v) is 6.55. The van der Waals surface area contributed by atoms with E-state index in [0.29, 0.717) is 30.9 Å². The van der Waals surface area contributed by atoms with Gasteiger partial charge in [0.15, 0.2) is 0 Å². The maximum atomic E-state index is 13.2. The van der Waals surface area contributed by atoms with Crippen molar-refractivity contribution < 1.29 is 18.6 Å². The molecular formula is C16H19ClF2O2. The van der Waals surface area contributed by atoms with Crippen LogP contribution in [0.15, 0.2) is 12.1 Å². The van der Waals surface area contributed by atoms with Crippen LogP contribution in [0.25, 0.3) is 0 Å². The molecule has 2 nitrogen and oxygen atoms in total. The summed E-state index contributed by atoms with van der Waals surface area (Å²) in [6, 6.07) is 3.70. The van der Waals surface area contributed by atoms with Gasteiger partial charge in [0.1, 0.15) is 5.75 Å². The van der Waals surface area contributed by atoms with Gasteiger partial charge >= 0.3 is 0 Å². The van der Waals surface area contributed by atoms with Crippen LogP contribution in [0.4, 0.5) is 8.78 Å². The monoisotopic (exact) mass is 316 g/mol. The van der Waals surface area contributed by atoms with E-state index in [2.05, 4.69) is 0 Å². The van der Waals surface area contributed by atoms with Crippen molar-refractivity contribution >= 4 is 11.6 Å².